The third-order valence-electron chi connectivity index (χ3n) is 2.23. The summed E-state index contributed by atoms with van der Waals surface area (Å²) in [5, 5.41) is 0.528. The summed E-state index contributed by atoms with van der Waals surface area (Å²) in [4.78, 5) is 3.91. The lowest BCUT2D eigenvalue weighted by molar-refractivity contribution is -0.137. The van der Waals surface area contributed by atoms with Gasteiger partial charge in [0, 0.05) is 16.8 Å². The average Bonchev–Trinajstić information content (AvgIpc) is 2.29. The monoisotopic (exact) mass is 257 g/mol. The maximum Gasteiger partial charge on any atom is 0.416 e. The molecule has 1 nitrogen and oxygen atoms in total. The van der Waals surface area contributed by atoms with Crippen molar-refractivity contribution < 1.29 is 13.2 Å². The molecule has 0 amide bonds. The van der Waals surface area contributed by atoms with Crippen molar-refractivity contribution in [3.63, 3.8) is 0 Å². The molecule has 5 heteroatoms. The van der Waals surface area contributed by atoms with E-state index in [4.69, 9.17) is 11.6 Å². The van der Waals surface area contributed by atoms with Crippen LogP contribution in [0.1, 0.15) is 5.56 Å². The maximum atomic E-state index is 12.5. The lowest BCUT2D eigenvalue weighted by Crippen LogP contribution is -2.05. The lowest BCUT2D eigenvalue weighted by Gasteiger charge is -2.08. The van der Waals surface area contributed by atoms with E-state index in [1.54, 1.807) is 24.3 Å². The Balaban J connectivity index is 2.43. The van der Waals surface area contributed by atoms with Crippen molar-refractivity contribution in [1.29, 1.82) is 0 Å². The fourth-order valence-electron chi connectivity index (χ4n) is 1.39. The van der Waals surface area contributed by atoms with Crippen molar-refractivity contribution >= 4 is 11.6 Å². The number of nitrogens with zero attached hydrogens (tertiary/aromatic N) is 1. The molecule has 1 aromatic heterocycles. The fourth-order valence-corrected chi connectivity index (χ4v) is 1.51. The predicted octanol–water partition coefficient (Wildman–Crippen LogP) is 4.42. The molecule has 0 atom stereocenters. The fraction of sp³-hybridized carbons (Fsp3) is 0.0833. The largest absolute Gasteiger partial charge is 0.416 e. The number of alkyl halides is 3. The highest BCUT2D eigenvalue weighted by Gasteiger charge is 2.30. The summed E-state index contributed by atoms with van der Waals surface area (Å²) in [6, 6.07) is 8.44. The van der Waals surface area contributed by atoms with Crippen molar-refractivity contribution in [3.8, 4) is 11.3 Å². The zero-order chi connectivity index (χ0) is 12.5. The Kier molecular flexibility index (Phi) is 3.07. The van der Waals surface area contributed by atoms with E-state index >= 15 is 0 Å². The van der Waals surface area contributed by atoms with Crippen LogP contribution in [0.25, 0.3) is 11.3 Å². The van der Waals surface area contributed by atoms with Crippen LogP contribution in [0.4, 0.5) is 13.2 Å². The van der Waals surface area contributed by atoms with Gasteiger partial charge >= 0.3 is 6.18 Å². The number of halogens is 4. The van der Waals surface area contributed by atoms with Gasteiger partial charge in [0.25, 0.3) is 0 Å². The molecule has 2 aromatic rings. The predicted molar refractivity (Wildman–Crippen MR) is 59.7 cm³/mol. The normalized spacial score (nSPS) is 11.5. The molecular weight excluding hydrogens is 251 g/mol. The zero-order valence-electron chi connectivity index (χ0n) is 8.50. The Morgan fingerprint density at radius 2 is 1.65 bits per heavy atom. The Bertz CT molecular complexity index is 520. The van der Waals surface area contributed by atoms with E-state index in [1.807, 2.05) is 0 Å². The minimum atomic E-state index is -4.36. The molecule has 0 unspecified atom stereocenters. The highest BCUT2D eigenvalue weighted by Crippen LogP contribution is 2.31. The summed E-state index contributed by atoms with van der Waals surface area (Å²) in [5.41, 5.74) is 0.162. The molecule has 17 heavy (non-hydrogen) atoms. The molecule has 0 saturated carbocycles. The van der Waals surface area contributed by atoms with E-state index in [0.29, 0.717) is 10.6 Å². The Hall–Kier alpha value is -1.55. The second-order valence-electron chi connectivity index (χ2n) is 3.43. The quantitative estimate of drug-likeness (QED) is 0.737. The minimum absolute atomic E-state index is 0.275. The molecule has 0 aliphatic heterocycles. The van der Waals surface area contributed by atoms with Gasteiger partial charge in [-0.1, -0.05) is 23.7 Å². The number of hydrogen-bond acceptors (Lipinski definition) is 1. The molecular formula is C12H7ClF3N. The van der Waals surface area contributed by atoms with Crippen LogP contribution in [0.2, 0.25) is 5.02 Å². The molecule has 0 spiro atoms. The second kappa shape index (κ2) is 4.37. The molecule has 0 fully saturated rings. The van der Waals surface area contributed by atoms with E-state index in [1.165, 1.54) is 0 Å². The van der Waals surface area contributed by atoms with E-state index in [9.17, 15) is 13.2 Å². The number of pyridine rings is 1. The highest BCUT2D eigenvalue weighted by molar-refractivity contribution is 6.30. The molecule has 1 heterocycles. The minimum Gasteiger partial charge on any atom is -0.256 e. The second-order valence-corrected chi connectivity index (χ2v) is 3.87. The Labute approximate surface area is 101 Å². The Morgan fingerprint density at radius 1 is 1.00 bits per heavy atom. The first-order valence-electron chi connectivity index (χ1n) is 4.76. The SMILES string of the molecule is FC(F)(F)c1ccnc(-c2ccc(Cl)cc2)c1. The molecule has 0 aliphatic rings. The van der Waals surface area contributed by atoms with Crippen LogP contribution in [0, 0.1) is 0 Å². The van der Waals surface area contributed by atoms with Gasteiger partial charge in [0.15, 0.2) is 0 Å². The number of aromatic nitrogens is 1. The summed E-state index contributed by atoms with van der Waals surface area (Å²) in [6.07, 6.45) is -3.21. The van der Waals surface area contributed by atoms with Crippen LogP contribution < -0.4 is 0 Å². The third-order valence-corrected chi connectivity index (χ3v) is 2.48. The highest BCUT2D eigenvalue weighted by atomic mass is 35.5. The van der Waals surface area contributed by atoms with Crippen LogP contribution in [0.3, 0.4) is 0 Å². The first-order valence-corrected chi connectivity index (χ1v) is 5.14. The third kappa shape index (κ3) is 2.77. The summed E-state index contributed by atoms with van der Waals surface area (Å²) < 4.78 is 37.5. The molecule has 0 aliphatic carbocycles. The van der Waals surface area contributed by atoms with E-state index < -0.39 is 11.7 Å². The lowest BCUT2D eigenvalue weighted by atomic mass is 10.1. The average molecular weight is 258 g/mol. The molecule has 0 saturated heterocycles. The summed E-state index contributed by atoms with van der Waals surface area (Å²) in [5.74, 6) is 0. The van der Waals surface area contributed by atoms with Crippen molar-refractivity contribution in [2.24, 2.45) is 0 Å². The summed E-state index contributed by atoms with van der Waals surface area (Å²) >= 11 is 5.70. The van der Waals surface area contributed by atoms with Crippen molar-refractivity contribution in [3.05, 3.63) is 53.2 Å². The number of rotatable bonds is 1. The van der Waals surface area contributed by atoms with Gasteiger partial charge in [0.05, 0.1) is 11.3 Å². The molecule has 1 aromatic carbocycles. The van der Waals surface area contributed by atoms with Gasteiger partial charge < -0.3 is 0 Å². The topological polar surface area (TPSA) is 12.9 Å². The first-order chi connectivity index (χ1) is 7.97. The molecule has 88 valence electrons. The smallest absolute Gasteiger partial charge is 0.256 e. The number of hydrogen-bond donors (Lipinski definition) is 0. The molecule has 0 radical (unpaired) electrons. The van der Waals surface area contributed by atoms with Crippen molar-refractivity contribution in [1.82, 2.24) is 4.98 Å². The van der Waals surface area contributed by atoms with Gasteiger partial charge in [0.1, 0.15) is 0 Å². The standard InChI is InChI=1S/C12H7ClF3N/c13-10-3-1-8(2-4-10)11-7-9(5-6-17-11)12(14,15)16/h1-7H. The van der Waals surface area contributed by atoms with Crippen LogP contribution in [-0.4, -0.2) is 4.98 Å². The molecule has 0 N–H and O–H groups in total. The van der Waals surface area contributed by atoms with E-state index in [2.05, 4.69) is 4.98 Å². The summed E-state index contributed by atoms with van der Waals surface area (Å²) in [6.45, 7) is 0. The first kappa shape index (κ1) is 11.9. The van der Waals surface area contributed by atoms with Crippen LogP contribution >= 0.6 is 11.6 Å². The van der Waals surface area contributed by atoms with E-state index in [-0.39, 0.29) is 5.69 Å². The van der Waals surface area contributed by atoms with Gasteiger partial charge in [-0.2, -0.15) is 13.2 Å². The maximum absolute atomic E-state index is 12.5. The summed E-state index contributed by atoms with van der Waals surface area (Å²) in [7, 11) is 0. The van der Waals surface area contributed by atoms with Crippen LogP contribution in [-0.2, 0) is 6.18 Å². The van der Waals surface area contributed by atoms with Gasteiger partial charge in [-0.15, -0.1) is 0 Å². The van der Waals surface area contributed by atoms with E-state index in [0.717, 1.165) is 18.3 Å². The van der Waals surface area contributed by atoms with Gasteiger partial charge in [-0.05, 0) is 24.3 Å². The van der Waals surface area contributed by atoms with Gasteiger partial charge in [0.2, 0.25) is 0 Å². The van der Waals surface area contributed by atoms with Gasteiger partial charge in [-0.25, -0.2) is 0 Å². The zero-order valence-corrected chi connectivity index (χ0v) is 9.26. The Morgan fingerprint density at radius 3 is 2.24 bits per heavy atom. The van der Waals surface area contributed by atoms with Gasteiger partial charge in [-0.3, -0.25) is 4.98 Å². The number of benzene rings is 1. The van der Waals surface area contributed by atoms with Crippen LogP contribution in [0.5, 0.6) is 0 Å². The van der Waals surface area contributed by atoms with Crippen molar-refractivity contribution in [2.75, 3.05) is 0 Å². The molecule has 2 rings (SSSR count). The van der Waals surface area contributed by atoms with Crippen LogP contribution in [0.15, 0.2) is 42.6 Å². The molecule has 0 bridgehead atoms. The van der Waals surface area contributed by atoms with Crippen molar-refractivity contribution in [2.45, 2.75) is 6.18 Å².